The summed E-state index contributed by atoms with van der Waals surface area (Å²) in [6.07, 6.45) is 7.67. The molecule has 3 aliphatic carbocycles. The Hall–Kier alpha value is 0. The van der Waals surface area contributed by atoms with E-state index in [4.69, 9.17) is 0 Å². The molecule has 0 heteroatoms. The molecule has 0 radical (unpaired) electrons. The molecule has 0 aromatic heterocycles. The Morgan fingerprint density at radius 1 is 0.923 bits per heavy atom. The largest absolute Gasteiger partial charge is 0.0591 e. The SMILES string of the molecule is CC1(C)C2CCC1(C)C1CCCC21. The second-order valence-electron chi connectivity index (χ2n) is 6.49. The van der Waals surface area contributed by atoms with E-state index in [9.17, 15) is 0 Å². The van der Waals surface area contributed by atoms with Gasteiger partial charge in [0.15, 0.2) is 0 Å². The van der Waals surface area contributed by atoms with Gasteiger partial charge in [0.1, 0.15) is 0 Å². The molecular weight excluding hydrogens is 156 g/mol. The van der Waals surface area contributed by atoms with Crippen LogP contribution in [0, 0.1) is 28.6 Å². The first-order valence-corrected chi connectivity index (χ1v) is 6.07. The average Bonchev–Trinajstić information content (AvgIpc) is 2.63. The van der Waals surface area contributed by atoms with Crippen molar-refractivity contribution < 1.29 is 0 Å². The van der Waals surface area contributed by atoms with E-state index in [1.54, 1.807) is 12.8 Å². The van der Waals surface area contributed by atoms with Gasteiger partial charge in [-0.15, -0.1) is 0 Å². The van der Waals surface area contributed by atoms with E-state index >= 15 is 0 Å². The molecular formula is C13H22. The highest BCUT2D eigenvalue weighted by atomic mass is 14.7. The predicted octanol–water partition coefficient (Wildman–Crippen LogP) is 3.86. The average molecular weight is 178 g/mol. The minimum atomic E-state index is 0.656. The molecule has 13 heavy (non-hydrogen) atoms. The fourth-order valence-corrected chi connectivity index (χ4v) is 5.24. The highest BCUT2D eigenvalue weighted by molar-refractivity contribution is 5.14. The van der Waals surface area contributed by atoms with Gasteiger partial charge in [0.2, 0.25) is 0 Å². The molecule has 0 heterocycles. The maximum Gasteiger partial charge on any atom is -0.0241 e. The quantitative estimate of drug-likeness (QED) is 0.528. The van der Waals surface area contributed by atoms with Crippen molar-refractivity contribution >= 4 is 0 Å². The van der Waals surface area contributed by atoms with E-state index < -0.39 is 0 Å². The van der Waals surface area contributed by atoms with Crippen LogP contribution in [-0.4, -0.2) is 0 Å². The van der Waals surface area contributed by atoms with Crippen molar-refractivity contribution in [2.45, 2.75) is 52.9 Å². The van der Waals surface area contributed by atoms with Gasteiger partial charge < -0.3 is 0 Å². The lowest BCUT2D eigenvalue weighted by Gasteiger charge is -2.39. The summed E-state index contributed by atoms with van der Waals surface area (Å²) in [5.41, 5.74) is 1.36. The van der Waals surface area contributed by atoms with Crippen LogP contribution >= 0.6 is 0 Å². The highest BCUT2D eigenvalue weighted by Gasteiger charge is 2.66. The monoisotopic (exact) mass is 178 g/mol. The Morgan fingerprint density at radius 3 is 2.38 bits per heavy atom. The van der Waals surface area contributed by atoms with Crippen LogP contribution < -0.4 is 0 Å². The second kappa shape index (κ2) is 2.15. The van der Waals surface area contributed by atoms with E-state index in [0.29, 0.717) is 10.8 Å². The van der Waals surface area contributed by atoms with Gasteiger partial charge >= 0.3 is 0 Å². The lowest BCUT2D eigenvalue weighted by atomic mass is 9.66. The standard InChI is InChI=1S/C13H22/c1-12(2)10-7-8-13(12,3)11-6-4-5-9(10)11/h9-11H,4-8H2,1-3H3. The fourth-order valence-electron chi connectivity index (χ4n) is 5.24. The zero-order valence-electron chi connectivity index (χ0n) is 9.27. The summed E-state index contributed by atoms with van der Waals surface area (Å²) in [6.45, 7) is 7.68. The normalized spacial score (nSPS) is 57.0. The molecule has 0 saturated heterocycles. The summed E-state index contributed by atoms with van der Waals surface area (Å²) < 4.78 is 0. The van der Waals surface area contributed by atoms with Crippen molar-refractivity contribution in [3.05, 3.63) is 0 Å². The number of fused-ring (bicyclic) bond motifs is 5. The summed E-state index contributed by atoms with van der Waals surface area (Å²) in [5.74, 6) is 3.29. The topological polar surface area (TPSA) is 0 Å². The first-order valence-electron chi connectivity index (χ1n) is 6.07. The van der Waals surface area contributed by atoms with Crippen molar-refractivity contribution in [1.82, 2.24) is 0 Å². The molecule has 0 aliphatic heterocycles. The molecule has 4 atom stereocenters. The van der Waals surface area contributed by atoms with E-state index in [1.807, 2.05) is 0 Å². The van der Waals surface area contributed by atoms with E-state index in [2.05, 4.69) is 20.8 Å². The zero-order valence-corrected chi connectivity index (χ0v) is 9.27. The minimum absolute atomic E-state index is 0.656. The Balaban J connectivity index is 2.07. The minimum Gasteiger partial charge on any atom is -0.0591 e. The van der Waals surface area contributed by atoms with E-state index in [0.717, 1.165) is 17.8 Å². The third kappa shape index (κ3) is 0.714. The van der Waals surface area contributed by atoms with Crippen LogP contribution in [0.25, 0.3) is 0 Å². The molecule has 3 aliphatic rings. The highest BCUT2D eigenvalue weighted by Crippen LogP contribution is 2.73. The Labute approximate surface area is 82.1 Å². The smallest absolute Gasteiger partial charge is 0.0241 e. The van der Waals surface area contributed by atoms with Crippen molar-refractivity contribution in [2.75, 3.05) is 0 Å². The lowest BCUT2D eigenvalue weighted by molar-refractivity contribution is 0.0995. The van der Waals surface area contributed by atoms with Crippen LogP contribution in [-0.2, 0) is 0 Å². The van der Waals surface area contributed by atoms with Crippen molar-refractivity contribution in [1.29, 1.82) is 0 Å². The maximum absolute atomic E-state index is 2.59. The molecule has 74 valence electrons. The van der Waals surface area contributed by atoms with Gasteiger partial charge in [-0.25, -0.2) is 0 Å². The van der Waals surface area contributed by atoms with Crippen molar-refractivity contribution in [3.8, 4) is 0 Å². The predicted molar refractivity (Wildman–Crippen MR) is 55.4 cm³/mol. The molecule has 3 fully saturated rings. The Bertz CT molecular complexity index is 238. The van der Waals surface area contributed by atoms with Gasteiger partial charge in [0.05, 0.1) is 0 Å². The Kier molecular flexibility index (Phi) is 1.37. The number of hydrogen-bond acceptors (Lipinski definition) is 0. The Morgan fingerprint density at radius 2 is 1.69 bits per heavy atom. The third-order valence-corrected chi connectivity index (χ3v) is 6.28. The van der Waals surface area contributed by atoms with E-state index in [-0.39, 0.29) is 0 Å². The van der Waals surface area contributed by atoms with Gasteiger partial charge in [-0.05, 0) is 54.3 Å². The second-order valence-corrected chi connectivity index (χ2v) is 6.49. The fraction of sp³-hybridized carbons (Fsp3) is 1.00. The molecule has 0 spiro atoms. The van der Waals surface area contributed by atoms with Gasteiger partial charge in [0.25, 0.3) is 0 Å². The third-order valence-electron chi connectivity index (χ3n) is 6.28. The van der Waals surface area contributed by atoms with Crippen LogP contribution in [0.2, 0.25) is 0 Å². The number of rotatable bonds is 0. The summed E-state index contributed by atoms with van der Waals surface area (Å²) in [6, 6.07) is 0. The summed E-state index contributed by atoms with van der Waals surface area (Å²) in [7, 11) is 0. The molecule has 0 N–H and O–H groups in total. The molecule has 0 amide bonds. The van der Waals surface area contributed by atoms with Crippen molar-refractivity contribution in [3.63, 3.8) is 0 Å². The van der Waals surface area contributed by atoms with Crippen LogP contribution in [0.3, 0.4) is 0 Å². The molecule has 2 bridgehead atoms. The van der Waals surface area contributed by atoms with Gasteiger partial charge in [-0.2, -0.15) is 0 Å². The molecule has 0 aromatic carbocycles. The van der Waals surface area contributed by atoms with Gasteiger partial charge in [-0.1, -0.05) is 27.2 Å². The number of hydrogen-bond donors (Lipinski definition) is 0. The maximum atomic E-state index is 2.59. The van der Waals surface area contributed by atoms with Crippen molar-refractivity contribution in [2.24, 2.45) is 28.6 Å². The first-order chi connectivity index (χ1) is 6.07. The zero-order chi connectivity index (χ0) is 9.27. The molecule has 3 rings (SSSR count). The summed E-state index contributed by atoms with van der Waals surface area (Å²) >= 11 is 0. The molecule has 3 saturated carbocycles. The van der Waals surface area contributed by atoms with Gasteiger partial charge in [-0.3, -0.25) is 0 Å². The summed E-state index contributed by atoms with van der Waals surface area (Å²) in [5, 5.41) is 0. The molecule has 0 nitrogen and oxygen atoms in total. The molecule has 0 aromatic rings. The van der Waals surface area contributed by atoms with Gasteiger partial charge in [0, 0.05) is 0 Å². The van der Waals surface area contributed by atoms with E-state index in [1.165, 1.54) is 19.3 Å². The van der Waals surface area contributed by atoms with Crippen LogP contribution in [0.5, 0.6) is 0 Å². The molecule has 4 unspecified atom stereocenters. The van der Waals surface area contributed by atoms with Crippen LogP contribution in [0.1, 0.15) is 52.9 Å². The van der Waals surface area contributed by atoms with Crippen LogP contribution in [0.4, 0.5) is 0 Å². The van der Waals surface area contributed by atoms with Crippen LogP contribution in [0.15, 0.2) is 0 Å². The summed E-state index contributed by atoms with van der Waals surface area (Å²) in [4.78, 5) is 0. The lowest BCUT2D eigenvalue weighted by Crippen LogP contribution is -2.32. The first kappa shape index (κ1) is 8.32.